The van der Waals surface area contributed by atoms with Crippen LogP contribution in [-0.4, -0.2) is 13.1 Å². The second-order valence-electron chi connectivity index (χ2n) is 5.47. The molecule has 0 saturated heterocycles. The highest BCUT2D eigenvalue weighted by atomic mass is 16.5. The van der Waals surface area contributed by atoms with Gasteiger partial charge in [0.05, 0.1) is 7.11 Å². The molecule has 118 valence electrons. The van der Waals surface area contributed by atoms with Crippen LogP contribution in [0.3, 0.4) is 0 Å². The average Bonchev–Trinajstić information content (AvgIpc) is 2.47. The zero-order valence-corrected chi connectivity index (χ0v) is 12.8. The number of carbonyl (C=O) groups is 1. The van der Waals surface area contributed by atoms with E-state index >= 15 is 0 Å². The van der Waals surface area contributed by atoms with Crippen molar-refractivity contribution in [3.8, 4) is 11.5 Å². The highest BCUT2D eigenvalue weighted by molar-refractivity contribution is 5.69. The van der Waals surface area contributed by atoms with Crippen LogP contribution >= 0.6 is 0 Å². The topological polar surface area (TPSA) is 35.5 Å². The van der Waals surface area contributed by atoms with E-state index in [1.807, 2.05) is 36.4 Å². The van der Waals surface area contributed by atoms with E-state index in [2.05, 4.69) is 26.0 Å². The van der Waals surface area contributed by atoms with Gasteiger partial charge in [-0.15, -0.1) is 0 Å². The number of hydrogen-bond donors (Lipinski definition) is 0. The molecule has 3 heteroatoms. The van der Waals surface area contributed by atoms with Crippen molar-refractivity contribution in [1.29, 1.82) is 0 Å². The molecular weight excluding hydrogens is 276 g/mol. The van der Waals surface area contributed by atoms with Crippen LogP contribution in [0.25, 0.3) is 0 Å². The Labute approximate surface area is 132 Å². The maximum absolute atomic E-state index is 10.9. The van der Waals surface area contributed by atoms with Gasteiger partial charge in [0.1, 0.15) is 11.5 Å². The van der Waals surface area contributed by atoms with E-state index in [1.165, 1.54) is 12.5 Å². The lowest BCUT2D eigenvalue weighted by atomic mass is 9.78. The van der Waals surface area contributed by atoms with E-state index in [0.29, 0.717) is 5.75 Å². The number of carbonyl (C=O) groups excluding carboxylic acids is 1. The molecule has 3 nitrogen and oxygen atoms in total. The first-order valence-corrected chi connectivity index (χ1v) is 6.87. The van der Waals surface area contributed by atoms with Crippen LogP contribution in [0.15, 0.2) is 48.5 Å². The van der Waals surface area contributed by atoms with Gasteiger partial charge in [0.2, 0.25) is 0 Å². The molecule has 0 atom stereocenters. The van der Waals surface area contributed by atoms with Crippen molar-refractivity contribution in [1.82, 2.24) is 0 Å². The number of benzene rings is 2. The fraction of sp³-hybridized carbons (Fsp3) is 0.316. The Balaban J connectivity index is 0.00000242. The molecular formula is C19H24O3. The zero-order chi connectivity index (χ0) is 15.5. The molecule has 0 spiro atoms. The van der Waals surface area contributed by atoms with E-state index in [-0.39, 0.29) is 18.8 Å². The summed E-state index contributed by atoms with van der Waals surface area (Å²) >= 11 is 0. The van der Waals surface area contributed by atoms with Gasteiger partial charge in [-0.2, -0.15) is 0 Å². The van der Waals surface area contributed by atoms with Crippen LogP contribution in [0, 0.1) is 0 Å². The third-order valence-electron chi connectivity index (χ3n) is 3.65. The first kappa shape index (κ1) is 17.8. The van der Waals surface area contributed by atoms with Crippen LogP contribution in [0.2, 0.25) is 0 Å². The Morgan fingerprint density at radius 2 is 1.27 bits per heavy atom. The van der Waals surface area contributed by atoms with Crippen molar-refractivity contribution in [2.75, 3.05) is 7.11 Å². The minimum atomic E-state index is -0.308. The lowest BCUT2D eigenvalue weighted by Crippen LogP contribution is -2.18. The van der Waals surface area contributed by atoms with Crippen LogP contribution < -0.4 is 9.47 Å². The molecule has 0 aromatic heterocycles. The standard InChI is InChI=1S/C18H20O3.CH4/c1-13(19)21-17-11-7-15(8-12-17)18(2,3)14-5-9-16(20-4)10-6-14;/h5-12H,1-4H3;1H4. The summed E-state index contributed by atoms with van der Waals surface area (Å²) in [6.45, 7) is 5.72. The predicted octanol–water partition coefficient (Wildman–Crippen LogP) is 4.58. The van der Waals surface area contributed by atoms with Crippen LogP contribution in [0.1, 0.15) is 39.3 Å². The summed E-state index contributed by atoms with van der Waals surface area (Å²) in [6.07, 6.45) is 0. The first-order valence-electron chi connectivity index (χ1n) is 6.87. The molecule has 0 radical (unpaired) electrons. The Morgan fingerprint density at radius 3 is 1.64 bits per heavy atom. The minimum absolute atomic E-state index is 0. The molecule has 0 heterocycles. The maximum Gasteiger partial charge on any atom is 0.308 e. The molecule has 0 unspecified atom stereocenters. The monoisotopic (exact) mass is 300 g/mol. The van der Waals surface area contributed by atoms with Crippen LogP contribution in [-0.2, 0) is 10.2 Å². The van der Waals surface area contributed by atoms with Crippen molar-refractivity contribution >= 4 is 5.97 Å². The van der Waals surface area contributed by atoms with Crippen molar-refractivity contribution < 1.29 is 14.3 Å². The third-order valence-corrected chi connectivity index (χ3v) is 3.65. The minimum Gasteiger partial charge on any atom is -0.497 e. The number of hydrogen-bond acceptors (Lipinski definition) is 3. The largest absolute Gasteiger partial charge is 0.497 e. The van der Waals surface area contributed by atoms with Gasteiger partial charge in [-0.1, -0.05) is 45.5 Å². The molecule has 0 bridgehead atoms. The van der Waals surface area contributed by atoms with E-state index in [1.54, 1.807) is 7.11 Å². The lowest BCUT2D eigenvalue weighted by molar-refractivity contribution is -0.131. The van der Waals surface area contributed by atoms with Crippen molar-refractivity contribution in [3.63, 3.8) is 0 Å². The van der Waals surface area contributed by atoms with Gasteiger partial charge in [0.25, 0.3) is 0 Å². The van der Waals surface area contributed by atoms with E-state index in [0.717, 1.165) is 11.3 Å². The molecule has 2 aromatic carbocycles. The molecule has 0 aliphatic heterocycles. The Morgan fingerprint density at radius 1 is 0.864 bits per heavy atom. The number of esters is 1. The summed E-state index contributed by atoms with van der Waals surface area (Å²) in [6, 6.07) is 15.7. The SMILES string of the molecule is C.COc1ccc(C(C)(C)c2ccc(OC(C)=O)cc2)cc1. The Bertz CT molecular complexity index is 610. The quantitative estimate of drug-likeness (QED) is 0.612. The van der Waals surface area contributed by atoms with Gasteiger partial charge in [0, 0.05) is 12.3 Å². The third kappa shape index (κ3) is 3.88. The normalized spacial score (nSPS) is 10.5. The maximum atomic E-state index is 10.9. The highest BCUT2D eigenvalue weighted by Crippen LogP contribution is 2.33. The summed E-state index contributed by atoms with van der Waals surface area (Å²) in [5, 5.41) is 0. The molecule has 0 aliphatic carbocycles. The van der Waals surface area contributed by atoms with Crippen LogP contribution in [0.4, 0.5) is 0 Å². The second-order valence-corrected chi connectivity index (χ2v) is 5.47. The summed E-state index contributed by atoms with van der Waals surface area (Å²) in [5.41, 5.74) is 2.22. The van der Waals surface area contributed by atoms with Crippen molar-refractivity contribution in [2.45, 2.75) is 33.6 Å². The molecule has 0 aliphatic rings. The molecule has 0 fully saturated rings. The Kier molecular flexibility index (Phi) is 5.75. The van der Waals surface area contributed by atoms with Crippen molar-refractivity contribution in [2.24, 2.45) is 0 Å². The Hall–Kier alpha value is -2.29. The van der Waals surface area contributed by atoms with Gasteiger partial charge in [-0.05, 0) is 35.4 Å². The summed E-state index contributed by atoms with van der Waals surface area (Å²) in [5.74, 6) is 1.11. The fourth-order valence-electron chi connectivity index (χ4n) is 2.28. The number of methoxy groups -OCH3 is 1. The van der Waals surface area contributed by atoms with Gasteiger partial charge < -0.3 is 9.47 Å². The van der Waals surface area contributed by atoms with Gasteiger partial charge in [-0.3, -0.25) is 4.79 Å². The molecule has 0 saturated carbocycles. The van der Waals surface area contributed by atoms with Crippen molar-refractivity contribution in [3.05, 3.63) is 59.7 Å². The van der Waals surface area contributed by atoms with E-state index < -0.39 is 0 Å². The molecule has 2 aromatic rings. The summed E-state index contributed by atoms with van der Waals surface area (Å²) in [7, 11) is 1.66. The smallest absolute Gasteiger partial charge is 0.308 e. The van der Waals surface area contributed by atoms with E-state index in [9.17, 15) is 4.79 Å². The first-order chi connectivity index (χ1) is 9.93. The van der Waals surface area contributed by atoms with Crippen LogP contribution in [0.5, 0.6) is 11.5 Å². The predicted molar refractivity (Wildman–Crippen MR) is 89.6 cm³/mol. The average molecular weight is 300 g/mol. The molecule has 0 amide bonds. The molecule has 0 N–H and O–H groups in total. The second kappa shape index (κ2) is 7.12. The van der Waals surface area contributed by atoms with E-state index in [4.69, 9.17) is 9.47 Å². The lowest BCUT2D eigenvalue weighted by Gasteiger charge is -2.26. The van der Waals surface area contributed by atoms with Gasteiger partial charge in [-0.25, -0.2) is 0 Å². The fourth-order valence-corrected chi connectivity index (χ4v) is 2.28. The highest BCUT2D eigenvalue weighted by Gasteiger charge is 2.23. The zero-order valence-electron chi connectivity index (χ0n) is 12.8. The molecule has 2 rings (SSSR count). The summed E-state index contributed by atoms with van der Waals surface area (Å²) in [4.78, 5) is 10.9. The molecule has 22 heavy (non-hydrogen) atoms. The van der Waals surface area contributed by atoms with Gasteiger partial charge in [0.15, 0.2) is 0 Å². The van der Waals surface area contributed by atoms with Gasteiger partial charge >= 0.3 is 5.97 Å². The summed E-state index contributed by atoms with van der Waals surface area (Å²) < 4.78 is 10.3. The number of ether oxygens (including phenoxy) is 2. The number of rotatable bonds is 4.